The Balaban J connectivity index is 1.52. The van der Waals surface area contributed by atoms with E-state index in [1.807, 2.05) is 38.1 Å². The van der Waals surface area contributed by atoms with Crippen LogP contribution in [-0.2, 0) is 19.2 Å². The number of nitrogens with two attached hydrogens (primary N) is 1. The summed E-state index contributed by atoms with van der Waals surface area (Å²) in [5.74, 6) is -3.71. The molecular weight excluding hydrogens is 486 g/mol. The van der Waals surface area contributed by atoms with E-state index < -0.39 is 47.0 Å². The van der Waals surface area contributed by atoms with Crippen LogP contribution in [0.2, 0.25) is 0 Å². The number of carbonyl (C=O) groups excluding carboxylic acids is 5. The lowest BCUT2D eigenvalue weighted by Crippen LogP contribution is -2.54. The molecule has 10 nitrogen and oxygen atoms in total. The third-order valence-electron chi connectivity index (χ3n) is 7.68. The van der Waals surface area contributed by atoms with Crippen molar-refractivity contribution in [2.75, 3.05) is 0 Å². The van der Waals surface area contributed by atoms with Gasteiger partial charge in [-0.05, 0) is 51.2 Å². The van der Waals surface area contributed by atoms with Crippen molar-refractivity contribution in [3.63, 3.8) is 0 Å². The minimum absolute atomic E-state index is 0.0467. The van der Waals surface area contributed by atoms with Crippen LogP contribution in [0.1, 0.15) is 75.7 Å². The minimum Gasteiger partial charge on any atom is -0.363 e. The maximum atomic E-state index is 13.5. The molecule has 1 aromatic heterocycles. The van der Waals surface area contributed by atoms with E-state index in [4.69, 9.17) is 5.73 Å². The lowest BCUT2D eigenvalue weighted by atomic mass is 9.84. The van der Waals surface area contributed by atoms with E-state index in [2.05, 4.69) is 20.9 Å². The normalized spacial score (nSPS) is 20.9. The van der Waals surface area contributed by atoms with Gasteiger partial charge in [0.15, 0.2) is 0 Å². The zero-order valence-electron chi connectivity index (χ0n) is 22.0. The van der Waals surface area contributed by atoms with Crippen molar-refractivity contribution < 1.29 is 24.0 Å². The van der Waals surface area contributed by atoms with Gasteiger partial charge >= 0.3 is 0 Å². The highest BCUT2D eigenvalue weighted by atomic mass is 16.2. The maximum absolute atomic E-state index is 13.5. The first-order valence-electron chi connectivity index (χ1n) is 13.4. The van der Waals surface area contributed by atoms with E-state index in [1.165, 1.54) is 0 Å². The average molecular weight is 524 g/mol. The van der Waals surface area contributed by atoms with Gasteiger partial charge < -0.3 is 26.7 Å². The standard InChI is InChI=1S/C28H37N5O5/c1-28(2)15-18(25(36)33-28)14-20(23(34)24(29)35)31-26(37)21(12-16-8-4-3-5-9-16)32-27(38)22-13-17-10-6-7-11-19(17)30-22/h6-7,10-11,13,16,18,20-21,30H,3-5,8-9,12,14-15H2,1-2H3,(H2,29,35)(H,31,37)(H,32,38)(H,33,36). The second-order valence-corrected chi connectivity index (χ2v) is 11.3. The van der Waals surface area contributed by atoms with Gasteiger partial charge in [-0.25, -0.2) is 0 Å². The van der Waals surface area contributed by atoms with Crippen LogP contribution in [0, 0.1) is 11.8 Å². The Kier molecular flexibility index (Phi) is 8.18. The third-order valence-corrected chi connectivity index (χ3v) is 7.68. The number of amides is 4. The number of ketones is 1. The molecule has 38 heavy (non-hydrogen) atoms. The molecule has 204 valence electrons. The Morgan fingerprint density at radius 1 is 1.03 bits per heavy atom. The molecule has 1 aliphatic carbocycles. The zero-order valence-corrected chi connectivity index (χ0v) is 22.0. The molecular formula is C28H37N5O5. The van der Waals surface area contributed by atoms with Gasteiger partial charge in [-0.1, -0.05) is 50.3 Å². The fraction of sp³-hybridized carbons (Fsp3) is 0.536. The van der Waals surface area contributed by atoms with Crippen molar-refractivity contribution in [2.24, 2.45) is 17.6 Å². The van der Waals surface area contributed by atoms with Gasteiger partial charge in [0, 0.05) is 22.4 Å². The van der Waals surface area contributed by atoms with Crippen LogP contribution in [0.3, 0.4) is 0 Å². The Labute approximate surface area is 221 Å². The number of carbonyl (C=O) groups is 5. The molecule has 1 saturated heterocycles. The van der Waals surface area contributed by atoms with E-state index >= 15 is 0 Å². The fourth-order valence-electron chi connectivity index (χ4n) is 5.77. The summed E-state index contributed by atoms with van der Waals surface area (Å²) in [5.41, 5.74) is 5.95. The fourth-order valence-corrected chi connectivity index (χ4v) is 5.77. The predicted octanol–water partition coefficient (Wildman–Crippen LogP) is 2.08. The minimum atomic E-state index is -1.26. The molecule has 4 rings (SSSR count). The van der Waals surface area contributed by atoms with Crippen molar-refractivity contribution in [1.82, 2.24) is 20.9 Å². The number of nitrogens with one attached hydrogen (secondary N) is 4. The molecule has 2 aromatic rings. The highest BCUT2D eigenvalue weighted by molar-refractivity contribution is 6.38. The molecule has 3 unspecified atom stereocenters. The van der Waals surface area contributed by atoms with Crippen LogP contribution in [0.4, 0.5) is 0 Å². The Bertz CT molecular complexity index is 1200. The molecule has 0 bridgehead atoms. The number of fused-ring (bicyclic) bond motifs is 1. The van der Waals surface area contributed by atoms with Gasteiger partial charge in [-0.2, -0.15) is 0 Å². The summed E-state index contributed by atoms with van der Waals surface area (Å²) in [6.45, 7) is 3.74. The average Bonchev–Trinajstić information content (AvgIpc) is 3.42. The summed E-state index contributed by atoms with van der Waals surface area (Å²) in [6.07, 6.45) is 5.98. The van der Waals surface area contributed by atoms with E-state index in [9.17, 15) is 24.0 Å². The number of H-pyrrole nitrogens is 1. The molecule has 2 aliphatic rings. The molecule has 2 fully saturated rings. The van der Waals surface area contributed by atoms with Crippen LogP contribution in [-0.4, -0.2) is 52.0 Å². The Hall–Kier alpha value is -3.69. The smallest absolute Gasteiger partial charge is 0.287 e. The number of primary amides is 1. The summed E-state index contributed by atoms with van der Waals surface area (Å²) in [4.78, 5) is 66.7. The van der Waals surface area contributed by atoms with E-state index in [0.29, 0.717) is 18.5 Å². The Morgan fingerprint density at radius 2 is 1.74 bits per heavy atom. The number of para-hydroxylation sites is 1. The summed E-state index contributed by atoms with van der Waals surface area (Å²) >= 11 is 0. The molecule has 0 spiro atoms. The Morgan fingerprint density at radius 3 is 2.37 bits per heavy atom. The van der Waals surface area contributed by atoms with Gasteiger partial charge in [0.05, 0.1) is 6.04 Å². The van der Waals surface area contributed by atoms with Crippen molar-refractivity contribution in [1.29, 1.82) is 0 Å². The second-order valence-electron chi connectivity index (χ2n) is 11.3. The predicted molar refractivity (Wildman–Crippen MR) is 142 cm³/mol. The van der Waals surface area contributed by atoms with Gasteiger partial charge in [0.25, 0.3) is 11.8 Å². The van der Waals surface area contributed by atoms with E-state index in [-0.39, 0.29) is 18.2 Å². The zero-order chi connectivity index (χ0) is 27.4. The molecule has 3 atom stereocenters. The lowest BCUT2D eigenvalue weighted by molar-refractivity contribution is -0.139. The van der Waals surface area contributed by atoms with Gasteiger partial charge in [0.1, 0.15) is 11.7 Å². The molecule has 1 aromatic carbocycles. The number of hydrogen-bond donors (Lipinski definition) is 5. The molecule has 4 amide bonds. The molecule has 10 heteroatoms. The number of benzene rings is 1. The first kappa shape index (κ1) is 27.3. The topological polar surface area (TPSA) is 163 Å². The highest BCUT2D eigenvalue weighted by Crippen LogP contribution is 2.29. The first-order chi connectivity index (χ1) is 18.0. The molecule has 1 aliphatic heterocycles. The lowest BCUT2D eigenvalue weighted by Gasteiger charge is -2.28. The van der Waals surface area contributed by atoms with Crippen molar-refractivity contribution in [3.05, 3.63) is 36.0 Å². The van der Waals surface area contributed by atoms with Gasteiger partial charge in [-0.15, -0.1) is 0 Å². The van der Waals surface area contributed by atoms with Crippen molar-refractivity contribution in [3.8, 4) is 0 Å². The molecule has 1 saturated carbocycles. The van der Waals surface area contributed by atoms with E-state index in [0.717, 1.165) is 43.0 Å². The first-order valence-corrected chi connectivity index (χ1v) is 13.4. The molecule has 6 N–H and O–H groups in total. The van der Waals surface area contributed by atoms with Crippen molar-refractivity contribution in [2.45, 2.75) is 82.8 Å². The van der Waals surface area contributed by atoms with Crippen LogP contribution in [0.15, 0.2) is 30.3 Å². The molecule has 2 heterocycles. The van der Waals surface area contributed by atoms with E-state index in [1.54, 1.807) is 6.07 Å². The number of aromatic nitrogens is 1. The number of Topliss-reactive ketones (excluding diaryl/α,β-unsaturated/α-hetero) is 1. The summed E-state index contributed by atoms with van der Waals surface area (Å²) < 4.78 is 0. The monoisotopic (exact) mass is 523 g/mol. The third kappa shape index (κ3) is 6.59. The van der Waals surface area contributed by atoms with Crippen LogP contribution < -0.4 is 21.7 Å². The number of hydrogen-bond acceptors (Lipinski definition) is 5. The number of rotatable bonds is 10. The van der Waals surface area contributed by atoms with Gasteiger partial charge in [0.2, 0.25) is 17.6 Å². The summed E-state index contributed by atoms with van der Waals surface area (Å²) in [5, 5.41) is 9.23. The summed E-state index contributed by atoms with van der Waals surface area (Å²) in [6, 6.07) is 7.02. The summed E-state index contributed by atoms with van der Waals surface area (Å²) in [7, 11) is 0. The van der Waals surface area contributed by atoms with Crippen molar-refractivity contribution >= 4 is 40.3 Å². The number of aromatic amines is 1. The molecule has 0 radical (unpaired) electrons. The van der Waals surface area contributed by atoms with Crippen LogP contribution >= 0.6 is 0 Å². The van der Waals surface area contributed by atoms with Crippen LogP contribution in [0.25, 0.3) is 10.9 Å². The largest absolute Gasteiger partial charge is 0.363 e. The SMILES string of the molecule is CC1(C)CC(CC(NC(=O)C(CC2CCCCC2)NC(=O)c2cc3ccccc3[nH]2)C(=O)C(N)=O)C(=O)N1. The maximum Gasteiger partial charge on any atom is 0.287 e. The van der Waals surface area contributed by atoms with Crippen LogP contribution in [0.5, 0.6) is 0 Å². The second kappa shape index (κ2) is 11.4. The van der Waals surface area contributed by atoms with Gasteiger partial charge in [-0.3, -0.25) is 24.0 Å². The quantitative estimate of drug-likeness (QED) is 0.301. The highest BCUT2D eigenvalue weighted by Gasteiger charge is 2.41.